The van der Waals surface area contributed by atoms with Crippen LogP contribution in [0.25, 0.3) is 0 Å². The third-order valence-corrected chi connectivity index (χ3v) is 6.46. The van der Waals surface area contributed by atoms with Crippen molar-refractivity contribution in [2.24, 2.45) is 0 Å². The summed E-state index contributed by atoms with van der Waals surface area (Å²) in [6.45, 7) is 7.92. The highest BCUT2D eigenvalue weighted by Crippen LogP contribution is 2.46. The lowest BCUT2D eigenvalue weighted by atomic mass is 9.77. The third-order valence-electron chi connectivity index (χ3n) is 6.46. The van der Waals surface area contributed by atoms with E-state index in [0.29, 0.717) is 12.0 Å². The Kier molecular flexibility index (Phi) is 5.54. The van der Waals surface area contributed by atoms with Crippen LogP contribution < -0.4 is 4.90 Å². The number of carbonyl (C=O) groups excluding carboxylic acids is 1. The predicted molar refractivity (Wildman–Crippen MR) is 117 cm³/mol. The van der Waals surface area contributed by atoms with Crippen LogP contribution in [0.3, 0.4) is 0 Å². The molecule has 2 aliphatic rings. The van der Waals surface area contributed by atoms with E-state index >= 15 is 0 Å². The van der Waals surface area contributed by atoms with E-state index in [-0.39, 0.29) is 5.78 Å². The number of hydrogen-bond donors (Lipinski definition) is 0. The van der Waals surface area contributed by atoms with Gasteiger partial charge in [0.15, 0.2) is 5.78 Å². The number of hydrogen-bond acceptors (Lipinski definition) is 3. The minimum Gasteiger partial charge on any atom is -0.374 e. The maximum absolute atomic E-state index is 13.3. The fourth-order valence-electron chi connectivity index (χ4n) is 5.31. The first-order valence-electron chi connectivity index (χ1n) is 10.8. The highest BCUT2D eigenvalue weighted by molar-refractivity contribution is 6.10. The predicted octanol–water partition coefficient (Wildman–Crippen LogP) is 4.89. The molecule has 2 atom stereocenters. The summed E-state index contributed by atoms with van der Waals surface area (Å²) in [4.78, 5) is 18.4. The zero-order valence-electron chi connectivity index (χ0n) is 17.4. The van der Waals surface area contributed by atoms with Crippen LogP contribution in [0.4, 0.5) is 5.69 Å². The Morgan fingerprint density at radius 1 is 1.07 bits per heavy atom. The van der Waals surface area contributed by atoms with Crippen LogP contribution >= 0.6 is 0 Å². The number of nitrogens with zero attached hydrogens (tertiary/aromatic N) is 2. The van der Waals surface area contributed by atoms with Crippen LogP contribution in [0.2, 0.25) is 0 Å². The summed E-state index contributed by atoms with van der Waals surface area (Å²) in [7, 11) is 2.19. The van der Waals surface area contributed by atoms with Crippen LogP contribution in [0.1, 0.15) is 66.1 Å². The minimum absolute atomic E-state index is 0.171. The fraction of sp³-hybridized carbons (Fsp3) is 0.480. The Morgan fingerprint density at radius 2 is 1.79 bits per heavy atom. The molecule has 0 radical (unpaired) electrons. The lowest BCUT2D eigenvalue weighted by molar-refractivity contribution is 0.103. The molecule has 2 aromatic rings. The second kappa shape index (κ2) is 8.08. The zero-order valence-corrected chi connectivity index (χ0v) is 17.4. The number of benzene rings is 2. The molecule has 0 fully saturated rings. The van der Waals surface area contributed by atoms with E-state index in [2.05, 4.69) is 42.8 Å². The molecule has 148 valence electrons. The average molecular weight is 377 g/mol. The first-order chi connectivity index (χ1) is 13.6. The SMILES string of the molecule is CCCN(CCC)C1Cc2c(C(=O)c3ccccc3)ccc3c2C(C1)CN3C. The molecule has 0 saturated carbocycles. The van der Waals surface area contributed by atoms with Gasteiger partial charge in [-0.05, 0) is 62.0 Å². The van der Waals surface area contributed by atoms with Crippen molar-refractivity contribution in [2.45, 2.75) is 51.5 Å². The summed E-state index contributed by atoms with van der Waals surface area (Å²) in [5.41, 5.74) is 5.81. The van der Waals surface area contributed by atoms with Crippen molar-refractivity contribution in [1.29, 1.82) is 0 Å². The summed E-state index contributed by atoms with van der Waals surface area (Å²) < 4.78 is 0. The van der Waals surface area contributed by atoms with Crippen molar-refractivity contribution in [1.82, 2.24) is 4.90 Å². The minimum atomic E-state index is 0.171. The van der Waals surface area contributed by atoms with E-state index in [0.717, 1.165) is 37.2 Å². The first-order valence-corrected chi connectivity index (χ1v) is 10.8. The van der Waals surface area contributed by atoms with Gasteiger partial charge < -0.3 is 9.80 Å². The standard InChI is InChI=1S/C25H32N2O/c1-4-13-27(14-5-2)20-15-19-17-26(3)23-12-11-21(22(16-20)24(19)23)25(28)18-9-7-6-8-10-18/h6-12,19-20H,4-5,13-17H2,1-3H3. The van der Waals surface area contributed by atoms with E-state index in [1.54, 1.807) is 0 Å². The van der Waals surface area contributed by atoms with Gasteiger partial charge in [0, 0.05) is 42.4 Å². The van der Waals surface area contributed by atoms with E-state index in [1.165, 1.54) is 36.1 Å². The summed E-state index contributed by atoms with van der Waals surface area (Å²) in [6, 6.07) is 14.5. The molecule has 0 N–H and O–H groups in total. The van der Waals surface area contributed by atoms with Gasteiger partial charge in [0.2, 0.25) is 0 Å². The summed E-state index contributed by atoms with van der Waals surface area (Å²) in [5.74, 6) is 0.721. The molecule has 28 heavy (non-hydrogen) atoms. The van der Waals surface area contributed by atoms with Gasteiger partial charge in [-0.2, -0.15) is 0 Å². The van der Waals surface area contributed by atoms with Gasteiger partial charge >= 0.3 is 0 Å². The summed E-state index contributed by atoms with van der Waals surface area (Å²) in [5, 5.41) is 0. The smallest absolute Gasteiger partial charge is 0.193 e. The average Bonchev–Trinajstić information content (AvgIpc) is 3.04. The molecular weight excluding hydrogens is 344 g/mol. The molecule has 0 bridgehead atoms. The van der Waals surface area contributed by atoms with E-state index in [9.17, 15) is 4.79 Å². The molecule has 4 rings (SSSR count). The van der Waals surface area contributed by atoms with Crippen molar-refractivity contribution in [3.8, 4) is 0 Å². The molecule has 1 aliphatic heterocycles. The number of ketones is 1. The highest BCUT2D eigenvalue weighted by atomic mass is 16.1. The molecule has 0 aromatic heterocycles. The molecule has 2 unspecified atom stereocenters. The van der Waals surface area contributed by atoms with Crippen molar-refractivity contribution in [2.75, 3.05) is 31.6 Å². The number of rotatable bonds is 7. The summed E-state index contributed by atoms with van der Waals surface area (Å²) >= 11 is 0. The monoisotopic (exact) mass is 376 g/mol. The number of anilines is 1. The normalized spacial score (nSPS) is 20.5. The molecule has 3 heteroatoms. The van der Waals surface area contributed by atoms with Crippen molar-refractivity contribution >= 4 is 11.5 Å². The van der Waals surface area contributed by atoms with Crippen LogP contribution in [0.5, 0.6) is 0 Å². The highest BCUT2D eigenvalue weighted by Gasteiger charge is 2.38. The quantitative estimate of drug-likeness (QED) is 0.643. The Labute approximate surface area is 169 Å². The molecule has 1 aliphatic carbocycles. The third kappa shape index (κ3) is 3.37. The molecule has 3 nitrogen and oxygen atoms in total. The molecule has 2 aromatic carbocycles. The maximum atomic E-state index is 13.3. The first kappa shape index (κ1) is 19.2. The van der Waals surface area contributed by atoms with Crippen molar-refractivity contribution in [3.63, 3.8) is 0 Å². The Balaban J connectivity index is 1.75. The molecular formula is C25H32N2O. The van der Waals surface area contributed by atoms with Crippen molar-refractivity contribution in [3.05, 3.63) is 64.7 Å². The molecule has 0 saturated heterocycles. The molecule has 0 spiro atoms. The van der Waals surface area contributed by atoms with Crippen molar-refractivity contribution < 1.29 is 4.79 Å². The lowest BCUT2D eigenvalue weighted by Gasteiger charge is -2.37. The van der Waals surface area contributed by atoms with Crippen LogP contribution in [-0.2, 0) is 6.42 Å². The summed E-state index contributed by atoms with van der Waals surface area (Å²) in [6.07, 6.45) is 4.59. The lowest BCUT2D eigenvalue weighted by Crippen LogP contribution is -2.42. The van der Waals surface area contributed by atoms with E-state index in [4.69, 9.17) is 0 Å². The molecule has 1 heterocycles. The van der Waals surface area contributed by atoms with Gasteiger partial charge in [-0.25, -0.2) is 0 Å². The number of carbonyl (C=O) groups is 1. The second-order valence-corrected chi connectivity index (χ2v) is 8.43. The van der Waals surface area contributed by atoms with Gasteiger partial charge in [-0.1, -0.05) is 44.2 Å². The van der Waals surface area contributed by atoms with E-state index in [1.807, 2.05) is 30.3 Å². The van der Waals surface area contributed by atoms with E-state index < -0.39 is 0 Å². The van der Waals surface area contributed by atoms with Gasteiger partial charge in [0.25, 0.3) is 0 Å². The largest absolute Gasteiger partial charge is 0.374 e. The Morgan fingerprint density at radius 3 is 2.46 bits per heavy atom. The van der Waals surface area contributed by atoms with Gasteiger partial charge in [0.05, 0.1) is 0 Å². The Bertz CT molecular complexity index is 839. The van der Waals surface area contributed by atoms with Gasteiger partial charge in [-0.3, -0.25) is 4.79 Å². The molecule has 0 amide bonds. The zero-order chi connectivity index (χ0) is 19.7. The Hall–Kier alpha value is -2.13. The van der Waals surface area contributed by atoms with Crippen LogP contribution in [0, 0.1) is 0 Å². The van der Waals surface area contributed by atoms with Crippen LogP contribution in [-0.4, -0.2) is 43.4 Å². The topological polar surface area (TPSA) is 23.6 Å². The van der Waals surface area contributed by atoms with Crippen LogP contribution in [0.15, 0.2) is 42.5 Å². The maximum Gasteiger partial charge on any atom is 0.193 e. The fourth-order valence-corrected chi connectivity index (χ4v) is 5.31. The number of likely N-dealkylation sites (N-methyl/N-ethyl adjacent to an activating group) is 1. The van der Waals surface area contributed by atoms with Gasteiger partial charge in [0.1, 0.15) is 0 Å². The second-order valence-electron chi connectivity index (χ2n) is 8.43. The van der Waals surface area contributed by atoms with Gasteiger partial charge in [-0.15, -0.1) is 0 Å².